The van der Waals surface area contributed by atoms with Crippen LogP contribution in [0, 0.1) is 5.92 Å². The topological polar surface area (TPSA) is 59.1 Å². The van der Waals surface area contributed by atoms with Gasteiger partial charge < -0.3 is 19.3 Å². The molecule has 0 radical (unpaired) electrons. The predicted octanol–water partition coefficient (Wildman–Crippen LogP) is 3.67. The molecule has 1 aliphatic heterocycles. The monoisotopic (exact) mass is 416 g/mol. The van der Waals surface area contributed by atoms with Crippen molar-refractivity contribution < 1.29 is 19.1 Å². The van der Waals surface area contributed by atoms with E-state index in [1.54, 1.807) is 14.2 Å². The summed E-state index contributed by atoms with van der Waals surface area (Å²) in [4.78, 5) is 29.1. The maximum Gasteiger partial charge on any atom is 0.223 e. The number of amides is 2. The highest BCUT2D eigenvalue weighted by molar-refractivity contribution is 5.78. The van der Waals surface area contributed by atoms with Gasteiger partial charge in [-0.3, -0.25) is 9.59 Å². The molecule has 6 heteroatoms. The molecular formula is C24H36N2O4. The minimum Gasteiger partial charge on any atom is -0.497 e. The third-order valence-electron chi connectivity index (χ3n) is 6.57. The smallest absolute Gasteiger partial charge is 0.223 e. The number of carbonyl (C=O) groups is 2. The minimum absolute atomic E-state index is 0.133. The van der Waals surface area contributed by atoms with Crippen LogP contribution in [0.3, 0.4) is 0 Å². The third-order valence-corrected chi connectivity index (χ3v) is 6.57. The molecule has 0 N–H and O–H groups in total. The first-order chi connectivity index (χ1) is 14.6. The predicted molar refractivity (Wildman–Crippen MR) is 117 cm³/mol. The van der Waals surface area contributed by atoms with Crippen molar-refractivity contribution >= 4 is 11.8 Å². The standard InChI is InChI=1S/C24H36N2O4/c1-29-21-10-11-22(30-2)20(18-21)9-13-24(28)26-16-14-25(15-17-26)23(27)12-8-19-6-4-3-5-7-19/h10-11,18-19H,3-9,12-17H2,1-2H3. The molecule has 1 saturated heterocycles. The van der Waals surface area contributed by atoms with E-state index in [4.69, 9.17) is 9.47 Å². The van der Waals surface area contributed by atoms with Gasteiger partial charge in [0, 0.05) is 39.0 Å². The molecule has 2 amide bonds. The Kier molecular flexibility index (Phi) is 8.40. The number of hydrogen-bond acceptors (Lipinski definition) is 4. The van der Waals surface area contributed by atoms with Gasteiger partial charge in [-0.1, -0.05) is 32.1 Å². The van der Waals surface area contributed by atoms with Gasteiger partial charge in [0.15, 0.2) is 0 Å². The van der Waals surface area contributed by atoms with E-state index in [2.05, 4.69) is 0 Å². The quantitative estimate of drug-likeness (QED) is 0.649. The van der Waals surface area contributed by atoms with Crippen LogP contribution in [0.25, 0.3) is 0 Å². The molecule has 166 valence electrons. The molecule has 1 aromatic carbocycles. The third kappa shape index (κ3) is 6.13. The maximum absolute atomic E-state index is 12.7. The van der Waals surface area contributed by atoms with Gasteiger partial charge in [0.1, 0.15) is 11.5 Å². The van der Waals surface area contributed by atoms with E-state index in [1.807, 2.05) is 28.0 Å². The van der Waals surface area contributed by atoms with Crippen molar-refractivity contribution in [3.63, 3.8) is 0 Å². The molecule has 30 heavy (non-hydrogen) atoms. The van der Waals surface area contributed by atoms with E-state index < -0.39 is 0 Å². The number of carbonyl (C=O) groups excluding carboxylic acids is 2. The summed E-state index contributed by atoms with van der Waals surface area (Å²) >= 11 is 0. The first-order valence-corrected chi connectivity index (χ1v) is 11.4. The van der Waals surface area contributed by atoms with E-state index in [-0.39, 0.29) is 11.8 Å². The maximum atomic E-state index is 12.7. The van der Waals surface area contributed by atoms with Gasteiger partial charge in [-0.15, -0.1) is 0 Å². The molecule has 1 aliphatic carbocycles. The average molecular weight is 417 g/mol. The van der Waals surface area contributed by atoms with Crippen LogP contribution in [0.5, 0.6) is 11.5 Å². The molecule has 6 nitrogen and oxygen atoms in total. The Hall–Kier alpha value is -2.24. The van der Waals surface area contributed by atoms with Crippen molar-refractivity contribution in [1.29, 1.82) is 0 Å². The fourth-order valence-corrected chi connectivity index (χ4v) is 4.64. The normalized spacial score (nSPS) is 17.7. The number of ether oxygens (including phenoxy) is 2. The number of benzene rings is 1. The summed E-state index contributed by atoms with van der Waals surface area (Å²) in [5.74, 6) is 2.66. The summed E-state index contributed by atoms with van der Waals surface area (Å²) in [6.45, 7) is 2.56. The summed E-state index contributed by atoms with van der Waals surface area (Å²) in [5.41, 5.74) is 0.974. The van der Waals surface area contributed by atoms with Crippen LogP contribution in [-0.4, -0.2) is 62.0 Å². The number of methoxy groups -OCH3 is 2. The Labute approximate surface area is 180 Å². The molecule has 1 aromatic rings. The Bertz CT molecular complexity index is 707. The Morgan fingerprint density at radius 3 is 2.13 bits per heavy atom. The molecule has 0 atom stereocenters. The fourth-order valence-electron chi connectivity index (χ4n) is 4.64. The summed E-state index contributed by atoms with van der Waals surface area (Å²) in [6, 6.07) is 5.65. The molecule has 0 unspecified atom stereocenters. The molecule has 1 saturated carbocycles. The van der Waals surface area contributed by atoms with E-state index in [1.165, 1.54) is 32.1 Å². The van der Waals surface area contributed by atoms with Crippen molar-refractivity contribution in [1.82, 2.24) is 9.80 Å². The van der Waals surface area contributed by atoms with Gasteiger partial charge in [0.05, 0.1) is 14.2 Å². The number of nitrogens with zero attached hydrogens (tertiary/aromatic N) is 2. The van der Waals surface area contributed by atoms with Crippen molar-refractivity contribution in [2.45, 2.75) is 57.8 Å². The lowest BCUT2D eigenvalue weighted by atomic mass is 9.86. The van der Waals surface area contributed by atoms with Crippen molar-refractivity contribution in [3.8, 4) is 11.5 Å². The first kappa shape index (κ1) is 22.4. The Morgan fingerprint density at radius 2 is 1.53 bits per heavy atom. The number of hydrogen-bond donors (Lipinski definition) is 0. The molecule has 3 rings (SSSR count). The van der Waals surface area contributed by atoms with Gasteiger partial charge in [-0.2, -0.15) is 0 Å². The van der Waals surface area contributed by atoms with Gasteiger partial charge in [-0.05, 0) is 42.5 Å². The largest absolute Gasteiger partial charge is 0.497 e. The highest BCUT2D eigenvalue weighted by Crippen LogP contribution is 2.28. The van der Waals surface area contributed by atoms with Crippen LogP contribution in [0.4, 0.5) is 0 Å². The zero-order valence-corrected chi connectivity index (χ0v) is 18.5. The van der Waals surface area contributed by atoms with Crippen LogP contribution in [0.2, 0.25) is 0 Å². The minimum atomic E-state index is 0.133. The molecule has 0 bridgehead atoms. The number of aryl methyl sites for hydroxylation is 1. The van der Waals surface area contributed by atoms with Crippen molar-refractivity contribution in [2.75, 3.05) is 40.4 Å². The number of piperazine rings is 1. The Balaban J connectivity index is 1.41. The van der Waals surface area contributed by atoms with Crippen molar-refractivity contribution in [2.24, 2.45) is 5.92 Å². The average Bonchev–Trinajstić information content (AvgIpc) is 2.81. The van der Waals surface area contributed by atoms with E-state index in [9.17, 15) is 9.59 Å². The van der Waals surface area contributed by atoms with Crippen LogP contribution in [-0.2, 0) is 16.0 Å². The second-order valence-corrected chi connectivity index (χ2v) is 8.48. The van der Waals surface area contributed by atoms with Gasteiger partial charge >= 0.3 is 0 Å². The molecule has 0 aromatic heterocycles. The summed E-state index contributed by atoms with van der Waals surface area (Å²) in [7, 11) is 3.27. The lowest BCUT2D eigenvalue weighted by Gasteiger charge is -2.35. The number of rotatable bonds is 8. The zero-order chi connectivity index (χ0) is 21.3. The van der Waals surface area contributed by atoms with Gasteiger partial charge in [0.25, 0.3) is 0 Å². The van der Waals surface area contributed by atoms with Crippen molar-refractivity contribution in [3.05, 3.63) is 23.8 Å². The van der Waals surface area contributed by atoms with Crippen LogP contribution in [0.15, 0.2) is 18.2 Å². The summed E-state index contributed by atoms with van der Waals surface area (Å²) in [5, 5.41) is 0. The van der Waals surface area contributed by atoms with Crippen LogP contribution >= 0.6 is 0 Å². The highest BCUT2D eigenvalue weighted by Gasteiger charge is 2.25. The lowest BCUT2D eigenvalue weighted by Crippen LogP contribution is -2.50. The van der Waals surface area contributed by atoms with E-state index in [0.717, 1.165) is 29.4 Å². The Morgan fingerprint density at radius 1 is 0.900 bits per heavy atom. The highest BCUT2D eigenvalue weighted by atomic mass is 16.5. The first-order valence-electron chi connectivity index (χ1n) is 11.4. The SMILES string of the molecule is COc1ccc(OC)c(CCC(=O)N2CCN(C(=O)CCC3CCCCC3)CC2)c1. The zero-order valence-electron chi connectivity index (χ0n) is 18.5. The second kappa shape index (κ2) is 11.2. The molecular weight excluding hydrogens is 380 g/mol. The summed E-state index contributed by atoms with van der Waals surface area (Å²) < 4.78 is 10.7. The van der Waals surface area contributed by atoms with Gasteiger partial charge in [0.2, 0.25) is 11.8 Å². The molecule has 0 spiro atoms. The molecule has 1 heterocycles. The lowest BCUT2D eigenvalue weighted by molar-refractivity contribution is -0.139. The van der Waals surface area contributed by atoms with Crippen LogP contribution in [0.1, 0.15) is 56.9 Å². The fraction of sp³-hybridized carbons (Fsp3) is 0.667. The second-order valence-electron chi connectivity index (χ2n) is 8.48. The van der Waals surface area contributed by atoms with Gasteiger partial charge in [-0.25, -0.2) is 0 Å². The summed E-state index contributed by atoms with van der Waals surface area (Å²) in [6.07, 6.45) is 9.29. The van der Waals surface area contributed by atoms with E-state index in [0.29, 0.717) is 45.4 Å². The molecule has 2 fully saturated rings. The van der Waals surface area contributed by atoms with E-state index >= 15 is 0 Å². The van der Waals surface area contributed by atoms with Crippen LogP contribution < -0.4 is 9.47 Å². The molecule has 2 aliphatic rings.